The van der Waals surface area contributed by atoms with E-state index in [1.807, 2.05) is 13.8 Å². The average Bonchev–Trinajstić information content (AvgIpc) is 2.98. The van der Waals surface area contributed by atoms with Crippen LogP contribution >= 0.6 is 0 Å². The molecule has 4 rings (SSSR count). The summed E-state index contributed by atoms with van der Waals surface area (Å²) < 4.78 is 17.8. The quantitative estimate of drug-likeness (QED) is 0.414. The molecule has 0 bridgehead atoms. The van der Waals surface area contributed by atoms with Gasteiger partial charge in [0.15, 0.2) is 0 Å². The van der Waals surface area contributed by atoms with Gasteiger partial charge in [-0.15, -0.1) is 0 Å². The van der Waals surface area contributed by atoms with Gasteiger partial charge in [-0.2, -0.15) is 0 Å². The van der Waals surface area contributed by atoms with Crippen molar-refractivity contribution < 1.29 is 0 Å². The van der Waals surface area contributed by atoms with Crippen molar-refractivity contribution in [2.45, 2.75) is 13.8 Å². The van der Waals surface area contributed by atoms with Crippen molar-refractivity contribution in [2.75, 3.05) is 0 Å². The van der Waals surface area contributed by atoms with Gasteiger partial charge in [0.05, 0.1) is 0 Å². The third kappa shape index (κ3) is 1.29. The van der Waals surface area contributed by atoms with Gasteiger partial charge in [0, 0.05) is 0 Å². The Bertz CT molecular complexity index is 833. The second-order valence-electron chi connectivity index (χ2n) is 4.01. The average molecular weight is 368 g/mol. The van der Waals surface area contributed by atoms with Gasteiger partial charge in [-0.25, -0.2) is 0 Å². The van der Waals surface area contributed by atoms with Crippen LogP contribution in [0, 0.1) is 13.8 Å². The molecule has 18 heavy (non-hydrogen) atoms. The molecule has 0 fully saturated rings. The molecule has 0 N–H and O–H groups in total. The fourth-order valence-corrected chi connectivity index (χ4v) is 4.54. The molecule has 0 saturated heterocycles. The van der Waals surface area contributed by atoms with Gasteiger partial charge < -0.3 is 0 Å². The van der Waals surface area contributed by atoms with Crippen LogP contribution in [0.15, 0.2) is 0 Å². The molecule has 0 radical (unpaired) electrons. The molecule has 0 aromatic carbocycles. The molecule has 4 aromatic heterocycles. The molecular formula is C10H6N6Se2. The molecule has 6 nitrogen and oxygen atoms in total. The van der Waals surface area contributed by atoms with Crippen molar-refractivity contribution in [2.24, 2.45) is 0 Å². The standard InChI is InChI=1S/C10H6N6Se2/c1-3-5-9(15-17-13-5)8-7(11-3)10-6(4(2)12-8)14-18-16-10/h1-2H3. The van der Waals surface area contributed by atoms with E-state index < -0.39 is 0 Å². The molecule has 0 saturated carbocycles. The van der Waals surface area contributed by atoms with Crippen LogP contribution in [0.25, 0.3) is 33.1 Å². The van der Waals surface area contributed by atoms with E-state index in [0.29, 0.717) is 0 Å². The topological polar surface area (TPSA) is 77.3 Å². The van der Waals surface area contributed by atoms with Crippen molar-refractivity contribution in [3.05, 3.63) is 11.4 Å². The van der Waals surface area contributed by atoms with E-state index in [0.717, 1.165) is 44.5 Å². The Labute approximate surface area is 114 Å². The number of pyridine rings is 2. The Hall–Kier alpha value is -1.20. The van der Waals surface area contributed by atoms with Crippen LogP contribution in [-0.4, -0.2) is 55.8 Å². The summed E-state index contributed by atoms with van der Waals surface area (Å²) in [5, 5.41) is 0. The Kier molecular flexibility index (Phi) is 2.17. The van der Waals surface area contributed by atoms with E-state index >= 15 is 0 Å². The zero-order valence-corrected chi connectivity index (χ0v) is 12.9. The van der Waals surface area contributed by atoms with E-state index in [2.05, 4.69) is 25.9 Å². The third-order valence-electron chi connectivity index (χ3n) is 2.89. The minimum atomic E-state index is -0.0664. The summed E-state index contributed by atoms with van der Waals surface area (Å²) in [7, 11) is 0. The minimum absolute atomic E-state index is 0.0664. The van der Waals surface area contributed by atoms with Gasteiger partial charge in [-0.05, 0) is 0 Å². The van der Waals surface area contributed by atoms with Crippen LogP contribution in [-0.2, 0) is 0 Å². The van der Waals surface area contributed by atoms with Crippen LogP contribution in [0.1, 0.15) is 11.4 Å². The van der Waals surface area contributed by atoms with Gasteiger partial charge >= 0.3 is 114 Å². The molecule has 4 aromatic rings. The summed E-state index contributed by atoms with van der Waals surface area (Å²) in [6, 6.07) is 0. The molecule has 88 valence electrons. The number of aromatic nitrogens is 6. The molecule has 0 aliphatic rings. The fraction of sp³-hybridized carbons (Fsp3) is 0.200. The Morgan fingerprint density at radius 2 is 0.944 bits per heavy atom. The molecule has 0 aliphatic heterocycles. The van der Waals surface area contributed by atoms with Gasteiger partial charge in [0.2, 0.25) is 0 Å². The van der Waals surface area contributed by atoms with Crippen molar-refractivity contribution in [3.63, 3.8) is 0 Å². The van der Waals surface area contributed by atoms with Crippen LogP contribution < -0.4 is 0 Å². The van der Waals surface area contributed by atoms with Crippen LogP contribution in [0.5, 0.6) is 0 Å². The third-order valence-corrected chi connectivity index (χ3v) is 5.11. The zero-order chi connectivity index (χ0) is 12.3. The van der Waals surface area contributed by atoms with Crippen LogP contribution in [0.3, 0.4) is 0 Å². The summed E-state index contributed by atoms with van der Waals surface area (Å²) in [5.74, 6) is 0. The SMILES string of the molecule is Cc1nc2c3n[se]nc3c(C)nc2c2n[se]nc12. The maximum atomic E-state index is 4.61. The van der Waals surface area contributed by atoms with Gasteiger partial charge in [0.1, 0.15) is 0 Å². The second kappa shape index (κ2) is 3.65. The summed E-state index contributed by atoms with van der Waals surface area (Å²) in [5.41, 5.74) is 7.03. The molecule has 0 amide bonds. The van der Waals surface area contributed by atoms with E-state index in [4.69, 9.17) is 0 Å². The van der Waals surface area contributed by atoms with E-state index in [1.165, 1.54) is 0 Å². The molecule has 4 heterocycles. The number of hydrogen-bond donors (Lipinski definition) is 0. The number of rotatable bonds is 0. The monoisotopic (exact) mass is 370 g/mol. The van der Waals surface area contributed by atoms with Gasteiger partial charge in [-0.3, -0.25) is 0 Å². The van der Waals surface area contributed by atoms with Crippen LogP contribution in [0.2, 0.25) is 0 Å². The first-order valence-electron chi connectivity index (χ1n) is 5.27. The zero-order valence-electron chi connectivity index (χ0n) is 9.50. The first kappa shape index (κ1) is 10.7. The predicted molar refractivity (Wildman–Crippen MR) is 69.1 cm³/mol. The van der Waals surface area contributed by atoms with Gasteiger partial charge in [0.25, 0.3) is 0 Å². The molecule has 0 unspecified atom stereocenters. The second-order valence-corrected chi connectivity index (χ2v) is 6.23. The van der Waals surface area contributed by atoms with E-state index in [1.54, 1.807) is 0 Å². The molecular weight excluding hydrogens is 362 g/mol. The number of nitrogens with zero attached hydrogens (tertiary/aromatic N) is 6. The molecule has 8 heteroatoms. The van der Waals surface area contributed by atoms with E-state index in [9.17, 15) is 0 Å². The normalized spacial score (nSPS) is 11.9. The van der Waals surface area contributed by atoms with Gasteiger partial charge in [-0.1, -0.05) is 0 Å². The van der Waals surface area contributed by atoms with E-state index in [-0.39, 0.29) is 29.9 Å². The number of aryl methyl sites for hydroxylation is 2. The van der Waals surface area contributed by atoms with Crippen molar-refractivity contribution >= 4 is 63.0 Å². The van der Waals surface area contributed by atoms with Crippen molar-refractivity contribution in [1.29, 1.82) is 0 Å². The maximum absolute atomic E-state index is 4.61. The summed E-state index contributed by atoms with van der Waals surface area (Å²) >= 11 is -0.133. The first-order valence-corrected chi connectivity index (χ1v) is 8.33. The summed E-state index contributed by atoms with van der Waals surface area (Å²) in [4.78, 5) is 9.22. The van der Waals surface area contributed by atoms with Crippen molar-refractivity contribution in [1.82, 2.24) is 25.9 Å². The number of fused-ring (bicyclic) bond motifs is 5. The number of hydrogen-bond acceptors (Lipinski definition) is 6. The Morgan fingerprint density at radius 1 is 0.556 bits per heavy atom. The Morgan fingerprint density at radius 3 is 1.39 bits per heavy atom. The summed E-state index contributed by atoms with van der Waals surface area (Å²) in [6.45, 7) is 3.92. The predicted octanol–water partition coefficient (Wildman–Crippen LogP) is 0.247. The van der Waals surface area contributed by atoms with Crippen molar-refractivity contribution in [3.8, 4) is 0 Å². The molecule has 0 atom stereocenters. The fourth-order valence-electron chi connectivity index (χ4n) is 2.04. The molecule has 0 aliphatic carbocycles. The molecule has 0 spiro atoms. The Balaban J connectivity index is 2.40. The van der Waals surface area contributed by atoms with Crippen LogP contribution in [0.4, 0.5) is 0 Å². The first-order chi connectivity index (χ1) is 8.75. The summed E-state index contributed by atoms with van der Waals surface area (Å²) in [6.07, 6.45) is 0.